The Morgan fingerprint density at radius 2 is 1.93 bits per heavy atom. The number of amides is 1. The molecule has 2 atom stereocenters. The zero-order valence-electron chi connectivity index (χ0n) is 24.7. The molecular formula is C32H33ClFN5O5. The van der Waals surface area contributed by atoms with Crippen molar-refractivity contribution in [1.82, 2.24) is 19.4 Å². The van der Waals surface area contributed by atoms with Gasteiger partial charge in [-0.05, 0) is 44.8 Å². The third-order valence-corrected chi connectivity index (χ3v) is 8.36. The zero-order valence-corrected chi connectivity index (χ0v) is 25.4. The first-order valence-electron chi connectivity index (χ1n) is 14.4. The Balaban J connectivity index is 1.40. The van der Waals surface area contributed by atoms with Crippen LogP contribution < -0.4 is 15.3 Å². The molecule has 2 aliphatic heterocycles. The van der Waals surface area contributed by atoms with Gasteiger partial charge in [-0.15, -0.1) is 0 Å². The second kappa shape index (κ2) is 12.0. The topological polar surface area (TPSA) is 100 Å². The SMILES string of the molecule is C[C@H]1CN(C(=O)OCc2ccccc2)CCN1c1nc(=O)n2c3c(c(-c4c(O)cccc4F)c(Cl)cc13)OC[C@H]2CN(C)C. The molecule has 0 aliphatic carbocycles. The van der Waals surface area contributed by atoms with Crippen LogP contribution in [0.1, 0.15) is 18.5 Å². The first-order chi connectivity index (χ1) is 21.1. The lowest BCUT2D eigenvalue weighted by Crippen LogP contribution is -2.54. The minimum absolute atomic E-state index is 0.103. The van der Waals surface area contributed by atoms with Crippen LogP contribution in [-0.2, 0) is 11.3 Å². The number of aromatic hydroxyl groups is 1. The molecule has 0 spiro atoms. The molecular weight excluding hydrogens is 589 g/mol. The fourth-order valence-corrected chi connectivity index (χ4v) is 6.37. The number of hydrogen-bond acceptors (Lipinski definition) is 8. The van der Waals surface area contributed by atoms with Crippen molar-refractivity contribution in [3.63, 3.8) is 0 Å². The molecule has 0 radical (unpaired) electrons. The van der Waals surface area contributed by atoms with Crippen molar-refractivity contribution in [3.05, 3.63) is 81.5 Å². The number of likely N-dealkylation sites (N-methyl/N-ethyl adjacent to an activating group) is 1. The molecule has 12 heteroatoms. The quantitative estimate of drug-likeness (QED) is 0.324. The lowest BCUT2D eigenvalue weighted by molar-refractivity contribution is 0.0898. The number of carbonyl (C=O) groups excluding carboxylic acids is 1. The maximum Gasteiger partial charge on any atom is 0.410 e. The normalized spacial score (nSPS) is 18.0. The van der Waals surface area contributed by atoms with Gasteiger partial charge in [-0.2, -0.15) is 4.98 Å². The number of hydrogen-bond donors (Lipinski definition) is 1. The van der Waals surface area contributed by atoms with E-state index in [1.54, 1.807) is 15.5 Å². The van der Waals surface area contributed by atoms with Crippen LogP contribution >= 0.6 is 11.6 Å². The number of benzene rings is 3. The molecule has 0 saturated carbocycles. The molecule has 44 heavy (non-hydrogen) atoms. The Bertz CT molecular complexity index is 1760. The van der Waals surface area contributed by atoms with Gasteiger partial charge in [0.05, 0.1) is 27.7 Å². The van der Waals surface area contributed by atoms with Gasteiger partial charge in [0, 0.05) is 37.6 Å². The molecule has 3 heterocycles. The van der Waals surface area contributed by atoms with E-state index in [4.69, 9.17) is 21.1 Å². The Morgan fingerprint density at radius 3 is 2.64 bits per heavy atom. The molecule has 10 nitrogen and oxygen atoms in total. The van der Waals surface area contributed by atoms with Gasteiger partial charge in [-0.25, -0.2) is 14.0 Å². The number of piperazine rings is 1. The van der Waals surface area contributed by atoms with E-state index in [2.05, 4.69) is 4.98 Å². The Labute approximate surface area is 258 Å². The summed E-state index contributed by atoms with van der Waals surface area (Å²) in [5.41, 5.74) is 0.913. The number of halogens is 2. The van der Waals surface area contributed by atoms with Crippen molar-refractivity contribution in [2.45, 2.75) is 25.6 Å². The van der Waals surface area contributed by atoms with Crippen LogP contribution in [0.3, 0.4) is 0 Å². The predicted octanol–water partition coefficient (Wildman–Crippen LogP) is 4.90. The summed E-state index contributed by atoms with van der Waals surface area (Å²) in [7, 11) is 3.80. The molecule has 230 valence electrons. The van der Waals surface area contributed by atoms with Crippen LogP contribution in [0.15, 0.2) is 59.4 Å². The molecule has 0 bridgehead atoms. The van der Waals surface area contributed by atoms with Gasteiger partial charge < -0.3 is 29.3 Å². The summed E-state index contributed by atoms with van der Waals surface area (Å²) in [6, 6.07) is 14.5. The van der Waals surface area contributed by atoms with Crippen molar-refractivity contribution >= 4 is 34.4 Å². The number of aromatic nitrogens is 2. The summed E-state index contributed by atoms with van der Waals surface area (Å²) in [4.78, 5) is 36.8. The summed E-state index contributed by atoms with van der Waals surface area (Å²) in [6.45, 7) is 3.84. The highest BCUT2D eigenvalue weighted by Crippen LogP contribution is 2.49. The Morgan fingerprint density at radius 1 is 1.16 bits per heavy atom. The number of nitrogens with zero attached hydrogens (tertiary/aromatic N) is 5. The highest BCUT2D eigenvalue weighted by molar-refractivity contribution is 6.35. The first-order valence-corrected chi connectivity index (χ1v) is 14.8. The van der Waals surface area contributed by atoms with E-state index in [0.717, 1.165) is 5.56 Å². The van der Waals surface area contributed by atoms with Gasteiger partial charge >= 0.3 is 11.8 Å². The van der Waals surface area contributed by atoms with Crippen LogP contribution in [0.2, 0.25) is 5.02 Å². The van der Waals surface area contributed by atoms with Crippen molar-refractivity contribution in [3.8, 4) is 22.6 Å². The zero-order chi connectivity index (χ0) is 31.1. The Hall–Kier alpha value is -4.35. The average Bonchev–Trinajstić information content (AvgIpc) is 2.99. The average molecular weight is 622 g/mol. The molecule has 6 rings (SSSR count). The van der Waals surface area contributed by atoms with E-state index in [9.17, 15) is 14.7 Å². The van der Waals surface area contributed by atoms with Crippen LogP contribution in [0.5, 0.6) is 11.5 Å². The molecule has 1 saturated heterocycles. The third-order valence-electron chi connectivity index (χ3n) is 8.06. The van der Waals surface area contributed by atoms with Gasteiger partial charge in [-0.3, -0.25) is 4.57 Å². The van der Waals surface area contributed by atoms with E-state index in [1.807, 2.05) is 61.2 Å². The van der Waals surface area contributed by atoms with E-state index in [1.165, 1.54) is 18.2 Å². The third kappa shape index (κ3) is 5.41. The number of phenolic OH excluding ortho intramolecular Hbond substituents is 1. The largest absolute Gasteiger partial charge is 0.507 e. The smallest absolute Gasteiger partial charge is 0.410 e. The van der Waals surface area contributed by atoms with Crippen molar-refractivity contribution in [1.29, 1.82) is 0 Å². The molecule has 1 aromatic heterocycles. The van der Waals surface area contributed by atoms with Gasteiger partial charge in [-0.1, -0.05) is 48.0 Å². The predicted molar refractivity (Wildman–Crippen MR) is 166 cm³/mol. The number of rotatable bonds is 6. The molecule has 0 unspecified atom stereocenters. The fraction of sp³-hybridized carbons (Fsp3) is 0.344. The van der Waals surface area contributed by atoms with Gasteiger partial charge in [0.25, 0.3) is 0 Å². The minimum atomic E-state index is -0.673. The molecule has 1 fully saturated rings. The highest BCUT2D eigenvalue weighted by atomic mass is 35.5. The molecule has 1 amide bonds. The van der Waals surface area contributed by atoms with Crippen molar-refractivity contribution < 1.29 is 23.8 Å². The highest BCUT2D eigenvalue weighted by Gasteiger charge is 2.35. The lowest BCUT2D eigenvalue weighted by atomic mass is 9.98. The van der Waals surface area contributed by atoms with Crippen molar-refractivity contribution in [2.24, 2.45) is 0 Å². The Kier molecular flexibility index (Phi) is 8.08. The van der Waals surface area contributed by atoms with Crippen molar-refractivity contribution in [2.75, 3.05) is 51.8 Å². The van der Waals surface area contributed by atoms with Gasteiger partial charge in [0.2, 0.25) is 0 Å². The standard InChI is InChI=1S/C32H33ClFN5O5/c1-19-15-37(32(42)44-17-20-8-5-4-6-9-20)12-13-38(19)30-22-14-23(33)26(27-24(34)10-7-11-25(27)40)29-28(22)39(31(41)35-30)21(18-43-29)16-36(2)3/h4-11,14,19,21,40H,12-13,15-18H2,1-3H3/t19-,21+/m0/s1. The van der Waals surface area contributed by atoms with Crippen LogP contribution in [-0.4, -0.2) is 83.5 Å². The van der Waals surface area contributed by atoms with E-state index >= 15 is 4.39 Å². The molecule has 2 aliphatic rings. The maximum absolute atomic E-state index is 15.1. The summed E-state index contributed by atoms with van der Waals surface area (Å²) < 4.78 is 28.5. The molecule has 4 aromatic rings. The maximum atomic E-state index is 15.1. The number of phenols is 1. The van der Waals surface area contributed by atoms with Crippen LogP contribution in [0.25, 0.3) is 22.0 Å². The summed E-state index contributed by atoms with van der Waals surface area (Å²) in [5, 5.41) is 11.3. The van der Waals surface area contributed by atoms with Gasteiger partial charge in [0.15, 0.2) is 5.75 Å². The molecule has 1 N–H and O–H groups in total. The summed E-state index contributed by atoms with van der Waals surface area (Å²) in [6.07, 6.45) is -0.414. The van der Waals surface area contributed by atoms with E-state index < -0.39 is 17.6 Å². The fourth-order valence-electron chi connectivity index (χ4n) is 6.08. The summed E-state index contributed by atoms with van der Waals surface area (Å²) >= 11 is 6.83. The van der Waals surface area contributed by atoms with Crippen LogP contribution in [0.4, 0.5) is 15.0 Å². The minimum Gasteiger partial charge on any atom is -0.507 e. The number of ether oxygens (including phenoxy) is 2. The second-order valence-electron chi connectivity index (χ2n) is 11.4. The number of anilines is 1. The van der Waals surface area contributed by atoms with Gasteiger partial charge in [0.1, 0.15) is 30.6 Å². The molecule has 3 aromatic carbocycles. The van der Waals surface area contributed by atoms with Crippen LogP contribution in [0, 0.1) is 5.82 Å². The monoisotopic (exact) mass is 621 g/mol. The summed E-state index contributed by atoms with van der Waals surface area (Å²) in [5.74, 6) is -0.366. The lowest BCUT2D eigenvalue weighted by Gasteiger charge is -2.41. The first kappa shape index (κ1) is 29.7. The van der Waals surface area contributed by atoms with E-state index in [-0.39, 0.29) is 52.9 Å². The van der Waals surface area contributed by atoms with E-state index in [0.29, 0.717) is 42.9 Å². The number of carbonyl (C=O) groups is 1. The second-order valence-corrected chi connectivity index (χ2v) is 11.8.